The molecule has 0 heterocycles. The fourth-order valence-electron chi connectivity index (χ4n) is 1.37. The van der Waals surface area contributed by atoms with Crippen LogP contribution in [0.2, 0.25) is 0 Å². The van der Waals surface area contributed by atoms with Crippen molar-refractivity contribution in [1.29, 1.82) is 0 Å². The molecule has 0 aromatic heterocycles. The van der Waals surface area contributed by atoms with Crippen LogP contribution in [-0.2, 0) is 4.79 Å². The van der Waals surface area contributed by atoms with Gasteiger partial charge >= 0.3 is 0 Å². The van der Waals surface area contributed by atoms with E-state index in [1.54, 1.807) is 6.92 Å². The SMILES string of the molecule is CCC(CC=O)C(CC)[N+](=O)[O-]. The third-order valence-electron chi connectivity index (χ3n) is 2.16. The topological polar surface area (TPSA) is 60.2 Å². The minimum absolute atomic E-state index is 0.0949. The van der Waals surface area contributed by atoms with E-state index in [1.165, 1.54) is 0 Å². The van der Waals surface area contributed by atoms with Gasteiger partial charge < -0.3 is 4.79 Å². The quantitative estimate of drug-likeness (QED) is 0.348. The molecule has 0 N–H and O–H groups in total. The van der Waals surface area contributed by atoms with Gasteiger partial charge in [0.25, 0.3) is 0 Å². The molecule has 0 aliphatic heterocycles. The Hall–Kier alpha value is -0.930. The Kier molecular flexibility index (Phi) is 5.25. The van der Waals surface area contributed by atoms with Gasteiger partial charge in [-0.1, -0.05) is 13.8 Å². The summed E-state index contributed by atoms with van der Waals surface area (Å²) in [5.41, 5.74) is 0. The second-order valence-electron chi connectivity index (χ2n) is 2.83. The van der Waals surface area contributed by atoms with E-state index in [9.17, 15) is 14.9 Å². The molecule has 0 rings (SSSR count). The fourth-order valence-corrected chi connectivity index (χ4v) is 1.37. The molecule has 4 nitrogen and oxygen atoms in total. The van der Waals surface area contributed by atoms with E-state index < -0.39 is 6.04 Å². The zero-order chi connectivity index (χ0) is 9.56. The summed E-state index contributed by atoms with van der Waals surface area (Å²) in [6, 6.07) is -0.555. The molecule has 0 aliphatic rings. The predicted molar refractivity (Wildman–Crippen MR) is 45.5 cm³/mol. The van der Waals surface area contributed by atoms with E-state index >= 15 is 0 Å². The molecule has 0 spiro atoms. The zero-order valence-electron chi connectivity index (χ0n) is 7.53. The van der Waals surface area contributed by atoms with Crippen LogP contribution >= 0.6 is 0 Å². The summed E-state index contributed by atoms with van der Waals surface area (Å²) in [6.07, 6.45) is 2.26. The number of carbonyl (C=O) groups excluding carboxylic acids is 1. The van der Waals surface area contributed by atoms with E-state index in [0.717, 1.165) is 6.29 Å². The normalized spacial score (nSPS) is 15.2. The summed E-state index contributed by atoms with van der Waals surface area (Å²) in [5.74, 6) is -0.0949. The first-order valence-electron chi connectivity index (χ1n) is 4.24. The number of nitro groups is 1. The first kappa shape index (κ1) is 11.1. The highest BCUT2D eigenvalue weighted by molar-refractivity contribution is 5.49. The summed E-state index contributed by atoms with van der Waals surface area (Å²) < 4.78 is 0. The van der Waals surface area contributed by atoms with Crippen molar-refractivity contribution in [3.05, 3.63) is 10.1 Å². The molecule has 0 aromatic carbocycles. The van der Waals surface area contributed by atoms with Gasteiger partial charge in [-0.15, -0.1) is 0 Å². The smallest absolute Gasteiger partial charge is 0.216 e. The van der Waals surface area contributed by atoms with Crippen LogP contribution in [0.15, 0.2) is 0 Å². The van der Waals surface area contributed by atoms with Gasteiger partial charge in [0.1, 0.15) is 6.29 Å². The monoisotopic (exact) mass is 173 g/mol. The Labute approximate surface area is 72.1 Å². The van der Waals surface area contributed by atoms with Crippen molar-refractivity contribution < 1.29 is 9.72 Å². The van der Waals surface area contributed by atoms with Crippen LogP contribution in [0, 0.1) is 16.0 Å². The van der Waals surface area contributed by atoms with Crippen molar-refractivity contribution in [2.45, 2.75) is 39.2 Å². The Morgan fingerprint density at radius 2 is 2.00 bits per heavy atom. The van der Waals surface area contributed by atoms with Gasteiger partial charge in [0, 0.05) is 23.7 Å². The molecule has 0 radical (unpaired) electrons. The first-order valence-corrected chi connectivity index (χ1v) is 4.24. The van der Waals surface area contributed by atoms with Gasteiger partial charge in [0.2, 0.25) is 6.04 Å². The van der Waals surface area contributed by atoms with Gasteiger partial charge in [-0.3, -0.25) is 10.1 Å². The average Bonchev–Trinajstić information content (AvgIpc) is 2.03. The molecule has 2 unspecified atom stereocenters. The van der Waals surface area contributed by atoms with Crippen LogP contribution < -0.4 is 0 Å². The van der Waals surface area contributed by atoms with Crippen LogP contribution in [0.25, 0.3) is 0 Å². The number of hydrogen-bond donors (Lipinski definition) is 0. The molecular weight excluding hydrogens is 158 g/mol. The number of carbonyl (C=O) groups is 1. The van der Waals surface area contributed by atoms with Gasteiger partial charge in [-0.05, 0) is 6.42 Å². The van der Waals surface area contributed by atoms with E-state index in [1.807, 2.05) is 6.92 Å². The number of nitrogens with zero attached hydrogens (tertiary/aromatic N) is 1. The Morgan fingerprint density at radius 1 is 1.42 bits per heavy atom. The van der Waals surface area contributed by atoms with Gasteiger partial charge in [-0.25, -0.2) is 0 Å². The Bertz CT molecular complexity index is 158. The van der Waals surface area contributed by atoms with Crippen molar-refractivity contribution in [1.82, 2.24) is 0 Å². The summed E-state index contributed by atoms with van der Waals surface area (Å²) in [5, 5.41) is 10.5. The Morgan fingerprint density at radius 3 is 2.25 bits per heavy atom. The van der Waals surface area contributed by atoms with Crippen LogP contribution in [0.4, 0.5) is 0 Å². The summed E-state index contributed by atoms with van der Waals surface area (Å²) in [7, 11) is 0. The molecule has 0 aromatic rings. The molecule has 12 heavy (non-hydrogen) atoms. The highest BCUT2D eigenvalue weighted by Gasteiger charge is 2.27. The third-order valence-corrected chi connectivity index (χ3v) is 2.16. The van der Waals surface area contributed by atoms with Crippen LogP contribution in [0.3, 0.4) is 0 Å². The average molecular weight is 173 g/mol. The maximum absolute atomic E-state index is 10.5. The predicted octanol–water partition coefficient (Wildman–Crippen LogP) is 1.66. The van der Waals surface area contributed by atoms with Crippen molar-refractivity contribution in [3.8, 4) is 0 Å². The highest BCUT2D eigenvalue weighted by Crippen LogP contribution is 2.17. The second-order valence-corrected chi connectivity index (χ2v) is 2.83. The molecule has 2 atom stereocenters. The minimum atomic E-state index is -0.555. The van der Waals surface area contributed by atoms with Crippen LogP contribution in [-0.4, -0.2) is 17.3 Å². The number of hydrogen-bond acceptors (Lipinski definition) is 3. The molecule has 0 bridgehead atoms. The fraction of sp³-hybridized carbons (Fsp3) is 0.875. The van der Waals surface area contributed by atoms with Crippen molar-refractivity contribution in [2.75, 3.05) is 0 Å². The molecule has 0 saturated heterocycles. The van der Waals surface area contributed by atoms with Crippen molar-refractivity contribution in [3.63, 3.8) is 0 Å². The minimum Gasteiger partial charge on any atom is -0.303 e. The molecule has 0 fully saturated rings. The lowest BCUT2D eigenvalue weighted by atomic mass is 9.93. The van der Waals surface area contributed by atoms with E-state index in [0.29, 0.717) is 19.3 Å². The molecule has 0 saturated carbocycles. The van der Waals surface area contributed by atoms with Crippen LogP contribution in [0.5, 0.6) is 0 Å². The van der Waals surface area contributed by atoms with Gasteiger partial charge in [0.15, 0.2) is 0 Å². The van der Waals surface area contributed by atoms with Gasteiger partial charge in [0.05, 0.1) is 0 Å². The first-order chi connectivity index (χ1) is 5.67. The Balaban J connectivity index is 4.21. The van der Waals surface area contributed by atoms with E-state index in [-0.39, 0.29) is 10.8 Å². The molecule has 4 heteroatoms. The van der Waals surface area contributed by atoms with E-state index in [2.05, 4.69) is 0 Å². The van der Waals surface area contributed by atoms with Gasteiger partial charge in [-0.2, -0.15) is 0 Å². The van der Waals surface area contributed by atoms with E-state index in [4.69, 9.17) is 0 Å². The summed E-state index contributed by atoms with van der Waals surface area (Å²) >= 11 is 0. The molecule has 0 amide bonds. The number of rotatable bonds is 6. The molecular formula is C8H15NO3. The lowest BCUT2D eigenvalue weighted by Crippen LogP contribution is -2.28. The van der Waals surface area contributed by atoms with Crippen LogP contribution in [0.1, 0.15) is 33.1 Å². The zero-order valence-corrected chi connectivity index (χ0v) is 7.53. The maximum Gasteiger partial charge on any atom is 0.216 e. The molecule has 0 aliphatic carbocycles. The number of aldehydes is 1. The maximum atomic E-state index is 10.5. The lowest BCUT2D eigenvalue weighted by molar-refractivity contribution is -0.532. The third kappa shape index (κ3) is 2.98. The highest BCUT2D eigenvalue weighted by atomic mass is 16.6. The largest absolute Gasteiger partial charge is 0.303 e. The second kappa shape index (κ2) is 5.69. The standard InChI is InChI=1S/C8H15NO3/c1-3-7(5-6-10)8(4-2)9(11)12/h6-8H,3-5H2,1-2H3. The van der Waals surface area contributed by atoms with Crippen molar-refractivity contribution in [2.24, 2.45) is 5.92 Å². The summed E-state index contributed by atoms with van der Waals surface area (Å²) in [4.78, 5) is 20.4. The lowest BCUT2D eigenvalue weighted by Gasteiger charge is -2.15. The summed E-state index contributed by atoms with van der Waals surface area (Å²) in [6.45, 7) is 3.65. The molecule has 70 valence electrons. The van der Waals surface area contributed by atoms with Crippen molar-refractivity contribution >= 4 is 6.29 Å².